The highest BCUT2D eigenvalue weighted by atomic mass is 35.5. The first-order valence-electron chi connectivity index (χ1n) is 7.47. The van der Waals surface area contributed by atoms with Crippen molar-refractivity contribution < 1.29 is 14.3 Å². The molecule has 0 aliphatic carbocycles. The number of nitrogens with zero attached hydrogens (tertiary/aromatic N) is 1. The summed E-state index contributed by atoms with van der Waals surface area (Å²) >= 11 is 12.1. The zero-order valence-electron chi connectivity index (χ0n) is 13.5. The van der Waals surface area contributed by atoms with Gasteiger partial charge in [-0.15, -0.1) is 0 Å². The maximum absolute atomic E-state index is 12.0. The number of halogens is 2. The van der Waals surface area contributed by atoms with Crippen LogP contribution in [0, 0.1) is 0 Å². The van der Waals surface area contributed by atoms with Crippen LogP contribution in [-0.2, 0) is 16.1 Å². The molecule has 0 aromatic heterocycles. The summed E-state index contributed by atoms with van der Waals surface area (Å²) in [6, 6.07) is 4.97. The molecule has 24 heavy (non-hydrogen) atoms. The Kier molecular flexibility index (Phi) is 6.48. The Morgan fingerprint density at radius 1 is 1.33 bits per heavy atom. The quantitative estimate of drug-likeness (QED) is 0.753. The van der Waals surface area contributed by atoms with Crippen LogP contribution in [0.5, 0.6) is 0 Å². The number of urea groups is 1. The first-order valence-corrected chi connectivity index (χ1v) is 8.22. The minimum atomic E-state index is -0.432. The van der Waals surface area contributed by atoms with Crippen LogP contribution in [0.2, 0.25) is 10.0 Å². The Morgan fingerprint density at radius 2 is 2.08 bits per heavy atom. The van der Waals surface area contributed by atoms with Crippen LogP contribution in [0.4, 0.5) is 4.79 Å². The molecule has 1 aliphatic heterocycles. The lowest BCUT2D eigenvalue weighted by atomic mass is 10.1. The van der Waals surface area contributed by atoms with Crippen LogP contribution in [0.25, 0.3) is 0 Å². The fraction of sp³-hybridized carbons (Fsp3) is 0.375. The average molecular weight is 372 g/mol. The van der Waals surface area contributed by atoms with Crippen molar-refractivity contribution in [2.24, 2.45) is 0 Å². The van der Waals surface area contributed by atoms with Crippen LogP contribution in [0.15, 0.2) is 29.5 Å². The molecular weight excluding hydrogens is 353 g/mol. The largest absolute Gasteiger partial charge is 0.463 e. The van der Waals surface area contributed by atoms with Gasteiger partial charge in [-0.3, -0.25) is 4.90 Å². The van der Waals surface area contributed by atoms with Crippen LogP contribution >= 0.6 is 23.2 Å². The first kappa shape index (κ1) is 18.6. The number of hydrogen-bond acceptors (Lipinski definition) is 4. The van der Waals surface area contributed by atoms with Gasteiger partial charge in [0.15, 0.2) is 0 Å². The highest BCUT2D eigenvalue weighted by Gasteiger charge is 2.24. The average Bonchev–Trinajstić information content (AvgIpc) is 2.50. The zero-order valence-corrected chi connectivity index (χ0v) is 15.0. The molecule has 0 bridgehead atoms. The highest BCUT2D eigenvalue weighted by molar-refractivity contribution is 6.35. The molecule has 0 saturated heterocycles. The number of carbonyl (C=O) groups excluding carboxylic acids is 2. The molecule has 0 atom stereocenters. The van der Waals surface area contributed by atoms with Gasteiger partial charge in [-0.05, 0) is 31.7 Å². The summed E-state index contributed by atoms with van der Waals surface area (Å²) in [6.07, 6.45) is 0. The number of nitrogens with one attached hydrogen (secondary N) is 2. The van der Waals surface area contributed by atoms with E-state index in [0.29, 0.717) is 34.4 Å². The second kappa shape index (κ2) is 8.37. The number of hydrogen-bond donors (Lipinski definition) is 2. The van der Waals surface area contributed by atoms with E-state index in [1.54, 1.807) is 19.1 Å². The van der Waals surface area contributed by atoms with Gasteiger partial charge >= 0.3 is 12.0 Å². The third kappa shape index (κ3) is 4.87. The molecule has 8 heteroatoms. The SMILES string of the molecule is CCOC(=O)C1=C(CN(C)Cc2ccc(Cl)cc2Cl)NC(=O)NC1. The maximum Gasteiger partial charge on any atom is 0.337 e. The van der Waals surface area contributed by atoms with E-state index >= 15 is 0 Å². The minimum Gasteiger partial charge on any atom is -0.463 e. The normalized spacial score (nSPS) is 14.5. The number of benzene rings is 1. The van der Waals surface area contributed by atoms with Crippen LogP contribution in [-0.4, -0.2) is 43.6 Å². The second-order valence-corrected chi connectivity index (χ2v) is 6.24. The lowest BCUT2D eigenvalue weighted by Gasteiger charge is -2.25. The summed E-state index contributed by atoms with van der Waals surface area (Å²) in [5.41, 5.74) is 1.86. The summed E-state index contributed by atoms with van der Waals surface area (Å²) < 4.78 is 5.04. The predicted molar refractivity (Wildman–Crippen MR) is 93.0 cm³/mol. The Bertz CT molecular complexity index is 677. The molecule has 0 spiro atoms. The highest BCUT2D eigenvalue weighted by Crippen LogP contribution is 2.22. The van der Waals surface area contributed by atoms with Gasteiger partial charge in [-0.2, -0.15) is 0 Å². The minimum absolute atomic E-state index is 0.148. The van der Waals surface area contributed by atoms with Crippen LogP contribution in [0.1, 0.15) is 12.5 Å². The summed E-state index contributed by atoms with van der Waals surface area (Å²) in [7, 11) is 1.87. The van der Waals surface area contributed by atoms with Gasteiger partial charge in [0.25, 0.3) is 0 Å². The van der Waals surface area contributed by atoms with Gasteiger partial charge in [0.2, 0.25) is 0 Å². The maximum atomic E-state index is 12.0. The van der Waals surface area contributed by atoms with Gasteiger partial charge < -0.3 is 15.4 Å². The van der Waals surface area contributed by atoms with E-state index in [9.17, 15) is 9.59 Å². The molecule has 0 unspecified atom stereocenters. The van der Waals surface area contributed by atoms with E-state index in [1.165, 1.54) is 0 Å². The van der Waals surface area contributed by atoms with Gasteiger partial charge in [0.1, 0.15) is 0 Å². The molecule has 2 amide bonds. The molecule has 1 aromatic rings. The molecule has 6 nitrogen and oxygen atoms in total. The van der Waals surface area contributed by atoms with Crippen molar-refractivity contribution in [3.8, 4) is 0 Å². The van der Waals surface area contributed by atoms with Crippen molar-refractivity contribution in [3.63, 3.8) is 0 Å². The monoisotopic (exact) mass is 371 g/mol. The lowest BCUT2D eigenvalue weighted by Crippen LogP contribution is -2.46. The van der Waals surface area contributed by atoms with E-state index in [0.717, 1.165) is 5.56 Å². The third-order valence-electron chi connectivity index (χ3n) is 3.46. The molecule has 1 aromatic carbocycles. The number of amides is 2. The van der Waals surface area contributed by atoms with Crippen molar-refractivity contribution in [3.05, 3.63) is 45.1 Å². The third-order valence-corrected chi connectivity index (χ3v) is 4.05. The molecule has 0 radical (unpaired) electrons. The van der Waals surface area contributed by atoms with E-state index in [1.807, 2.05) is 18.0 Å². The van der Waals surface area contributed by atoms with Gasteiger partial charge in [0.05, 0.1) is 18.7 Å². The summed E-state index contributed by atoms with van der Waals surface area (Å²) in [4.78, 5) is 25.5. The number of ether oxygens (including phenoxy) is 1. The number of rotatable bonds is 6. The summed E-state index contributed by atoms with van der Waals surface area (Å²) in [5.74, 6) is -0.432. The van der Waals surface area contributed by atoms with E-state index < -0.39 is 5.97 Å². The van der Waals surface area contributed by atoms with Crippen molar-refractivity contribution >= 4 is 35.2 Å². The van der Waals surface area contributed by atoms with Crippen LogP contribution < -0.4 is 10.6 Å². The molecule has 2 N–H and O–H groups in total. The van der Waals surface area contributed by atoms with Crippen molar-refractivity contribution in [1.82, 2.24) is 15.5 Å². The van der Waals surface area contributed by atoms with Crippen molar-refractivity contribution in [2.75, 3.05) is 26.7 Å². The smallest absolute Gasteiger partial charge is 0.337 e. The topological polar surface area (TPSA) is 70.7 Å². The van der Waals surface area contributed by atoms with Crippen molar-refractivity contribution in [2.45, 2.75) is 13.5 Å². The molecule has 1 heterocycles. The lowest BCUT2D eigenvalue weighted by molar-refractivity contribution is -0.138. The Labute approximate surface area is 150 Å². The number of esters is 1. The van der Waals surface area contributed by atoms with Gasteiger partial charge in [0, 0.05) is 28.8 Å². The van der Waals surface area contributed by atoms with Gasteiger partial charge in [-0.25, -0.2) is 9.59 Å². The summed E-state index contributed by atoms with van der Waals surface area (Å²) in [6.45, 7) is 3.08. The molecule has 130 valence electrons. The van der Waals surface area contributed by atoms with E-state index in [2.05, 4.69) is 10.6 Å². The standard InChI is InChI=1S/C16H19Cl2N3O3/c1-3-24-15(22)12-7-19-16(23)20-14(12)9-21(2)8-10-4-5-11(17)6-13(10)18/h4-6H,3,7-9H2,1-2H3,(H2,19,20,23). The Morgan fingerprint density at radius 3 is 2.75 bits per heavy atom. The first-order chi connectivity index (χ1) is 11.4. The van der Waals surface area contributed by atoms with E-state index in [4.69, 9.17) is 27.9 Å². The molecular formula is C16H19Cl2N3O3. The van der Waals surface area contributed by atoms with E-state index in [-0.39, 0.29) is 19.2 Å². The number of carbonyl (C=O) groups is 2. The molecule has 1 aliphatic rings. The predicted octanol–water partition coefficient (Wildman–Crippen LogP) is 2.56. The van der Waals surface area contributed by atoms with Crippen LogP contribution in [0.3, 0.4) is 0 Å². The Hall–Kier alpha value is -1.76. The van der Waals surface area contributed by atoms with Crippen molar-refractivity contribution in [1.29, 1.82) is 0 Å². The molecule has 0 saturated carbocycles. The zero-order chi connectivity index (χ0) is 17.7. The fourth-order valence-corrected chi connectivity index (χ4v) is 2.82. The fourth-order valence-electron chi connectivity index (χ4n) is 2.35. The summed E-state index contributed by atoms with van der Waals surface area (Å²) in [5, 5.41) is 6.40. The van der Waals surface area contributed by atoms with Gasteiger partial charge in [-0.1, -0.05) is 29.3 Å². The molecule has 0 fully saturated rings. The molecule has 2 rings (SSSR count). The number of likely N-dealkylation sites (N-methyl/N-ethyl adjacent to an activating group) is 1. The Balaban J connectivity index is 2.12. The second-order valence-electron chi connectivity index (χ2n) is 5.39.